The molecular weight excluding hydrogens is 352 g/mol. The van der Waals surface area contributed by atoms with Gasteiger partial charge in [0.15, 0.2) is 0 Å². The first-order chi connectivity index (χ1) is 13.8. The van der Waals surface area contributed by atoms with Crippen molar-refractivity contribution in [2.75, 3.05) is 19.7 Å². The second kappa shape index (κ2) is 8.71. The number of morpholine rings is 1. The molecule has 1 fully saturated rings. The molecule has 0 radical (unpaired) electrons. The summed E-state index contributed by atoms with van der Waals surface area (Å²) in [5.74, 6) is 0.157. The fraction of sp³-hybridized carbons (Fsp3) is 0.273. The van der Waals surface area contributed by atoms with Gasteiger partial charge in [-0.05, 0) is 24.1 Å². The molecule has 1 atom stereocenters. The Morgan fingerprint density at radius 3 is 2.71 bits per heavy atom. The van der Waals surface area contributed by atoms with Crippen LogP contribution < -0.4 is 0 Å². The molecule has 0 N–H and O–H groups in total. The van der Waals surface area contributed by atoms with Gasteiger partial charge in [0.2, 0.25) is 5.91 Å². The highest BCUT2D eigenvalue weighted by molar-refractivity contribution is 5.76. The number of carbonyl (C=O) groups is 1. The van der Waals surface area contributed by atoms with Gasteiger partial charge in [-0.2, -0.15) is 0 Å². The molecule has 2 aromatic heterocycles. The van der Waals surface area contributed by atoms with Gasteiger partial charge in [-0.25, -0.2) is 15.0 Å². The molecule has 1 amide bonds. The summed E-state index contributed by atoms with van der Waals surface area (Å²) in [7, 11) is 0. The number of hydrogen-bond donors (Lipinski definition) is 0. The normalized spacial score (nSPS) is 16.7. The Kier molecular flexibility index (Phi) is 5.68. The first kappa shape index (κ1) is 18.3. The number of rotatable bonds is 5. The lowest BCUT2D eigenvalue weighted by Gasteiger charge is -2.33. The molecule has 1 aromatic carbocycles. The summed E-state index contributed by atoms with van der Waals surface area (Å²) in [6.07, 6.45) is 6.01. The molecule has 1 aliphatic rings. The molecule has 1 aliphatic heterocycles. The number of pyridine rings is 1. The third-order valence-corrected chi connectivity index (χ3v) is 4.85. The molecule has 0 bridgehead atoms. The van der Waals surface area contributed by atoms with Crippen molar-refractivity contribution in [1.29, 1.82) is 0 Å². The van der Waals surface area contributed by atoms with E-state index in [1.54, 1.807) is 12.4 Å². The van der Waals surface area contributed by atoms with Crippen LogP contribution in [0.15, 0.2) is 67.3 Å². The van der Waals surface area contributed by atoms with Crippen LogP contribution in [-0.4, -0.2) is 45.5 Å². The summed E-state index contributed by atoms with van der Waals surface area (Å²) in [4.78, 5) is 27.4. The quantitative estimate of drug-likeness (QED) is 0.687. The molecule has 1 saturated heterocycles. The van der Waals surface area contributed by atoms with E-state index < -0.39 is 0 Å². The Morgan fingerprint density at radius 2 is 1.89 bits per heavy atom. The van der Waals surface area contributed by atoms with Gasteiger partial charge in [-0.15, -0.1) is 0 Å². The predicted molar refractivity (Wildman–Crippen MR) is 105 cm³/mol. The van der Waals surface area contributed by atoms with Crippen molar-refractivity contribution in [3.8, 4) is 11.3 Å². The van der Waals surface area contributed by atoms with Crippen molar-refractivity contribution in [2.45, 2.75) is 18.9 Å². The lowest BCUT2D eigenvalue weighted by molar-refractivity contribution is -0.139. The van der Waals surface area contributed by atoms with Crippen molar-refractivity contribution >= 4 is 5.91 Å². The average Bonchev–Trinajstić information content (AvgIpc) is 2.79. The summed E-state index contributed by atoms with van der Waals surface area (Å²) >= 11 is 0. The van der Waals surface area contributed by atoms with E-state index in [-0.39, 0.29) is 12.0 Å². The van der Waals surface area contributed by atoms with E-state index in [0.29, 0.717) is 26.1 Å². The number of aromatic nitrogens is 3. The monoisotopic (exact) mass is 374 g/mol. The summed E-state index contributed by atoms with van der Waals surface area (Å²) < 4.78 is 5.91. The van der Waals surface area contributed by atoms with Gasteiger partial charge in [-0.3, -0.25) is 4.79 Å². The van der Waals surface area contributed by atoms with E-state index in [4.69, 9.17) is 9.72 Å². The molecule has 3 aromatic rings. The minimum Gasteiger partial charge on any atom is -0.368 e. The molecule has 0 saturated carbocycles. The van der Waals surface area contributed by atoms with Crippen molar-refractivity contribution < 1.29 is 9.53 Å². The molecule has 28 heavy (non-hydrogen) atoms. The van der Waals surface area contributed by atoms with Crippen LogP contribution in [-0.2, 0) is 16.0 Å². The maximum Gasteiger partial charge on any atom is 0.223 e. The highest BCUT2D eigenvalue weighted by Gasteiger charge is 2.26. The van der Waals surface area contributed by atoms with Crippen LogP contribution in [0, 0.1) is 0 Å². The topological polar surface area (TPSA) is 68.2 Å². The number of nitrogens with zero attached hydrogens (tertiary/aromatic N) is 4. The lowest BCUT2D eigenvalue weighted by Crippen LogP contribution is -2.42. The second-order valence-corrected chi connectivity index (χ2v) is 6.76. The first-order valence-electron chi connectivity index (χ1n) is 9.45. The average molecular weight is 374 g/mol. The summed E-state index contributed by atoms with van der Waals surface area (Å²) in [5, 5.41) is 0. The molecule has 4 rings (SSSR count). The third-order valence-electron chi connectivity index (χ3n) is 4.85. The number of benzene rings is 1. The zero-order chi connectivity index (χ0) is 19.2. The number of hydrogen-bond acceptors (Lipinski definition) is 5. The third kappa shape index (κ3) is 4.40. The van der Waals surface area contributed by atoms with Crippen molar-refractivity contribution in [1.82, 2.24) is 19.9 Å². The number of carbonyl (C=O) groups excluding carboxylic acids is 1. The minimum absolute atomic E-state index is 0.157. The van der Waals surface area contributed by atoms with Crippen LogP contribution in [0.2, 0.25) is 0 Å². The zero-order valence-electron chi connectivity index (χ0n) is 15.6. The smallest absolute Gasteiger partial charge is 0.223 e. The fourth-order valence-corrected chi connectivity index (χ4v) is 3.33. The zero-order valence-corrected chi connectivity index (χ0v) is 15.6. The fourth-order valence-electron chi connectivity index (χ4n) is 3.33. The highest BCUT2D eigenvalue weighted by Crippen LogP contribution is 2.24. The standard InChI is InChI=1S/C22H22N4O2/c27-22(10-9-17-5-2-1-3-6-17)26-11-12-28-21(15-26)20-8-4-7-19(25-20)18-13-23-16-24-14-18/h1-8,13-14,16,21H,9-12,15H2. The highest BCUT2D eigenvalue weighted by atomic mass is 16.5. The Balaban J connectivity index is 1.42. The largest absolute Gasteiger partial charge is 0.368 e. The van der Waals surface area contributed by atoms with Crippen LogP contribution in [0.25, 0.3) is 11.3 Å². The molecule has 3 heterocycles. The molecule has 0 aliphatic carbocycles. The molecular formula is C22H22N4O2. The summed E-state index contributed by atoms with van der Waals surface area (Å²) in [6, 6.07) is 15.9. The van der Waals surface area contributed by atoms with Gasteiger partial charge in [0.05, 0.1) is 24.5 Å². The Hall–Kier alpha value is -3.12. The van der Waals surface area contributed by atoms with Gasteiger partial charge >= 0.3 is 0 Å². The van der Waals surface area contributed by atoms with Crippen LogP contribution in [0.3, 0.4) is 0 Å². The van der Waals surface area contributed by atoms with Gasteiger partial charge < -0.3 is 9.64 Å². The molecule has 0 spiro atoms. The predicted octanol–water partition coefficient (Wildman–Crippen LogP) is 3.07. The van der Waals surface area contributed by atoms with Crippen LogP contribution in [0.5, 0.6) is 0 Å². The van der Waals surface area contributed by atoms with Crippen LogP contribution >= 0.6 is 0 Å². The lowest BCUT2D eigenvalue weighted by atomic mass is 10.1. The van der Waals surface area contributed by atoms with Crippen molar-refractivity contribution in [3.63, 3.8) is 0 Å². The summed E-state index contributed by atoms with van der Waals surface area (Å²) in [6.45, 7) is 1.66. The maximum absolute atomic E-state index is 12.7. The van der Waals surface area contributed by atoms with E-state index in [1.807, 2.05) is 41.3 Å². The van der Waals surface area contributed by atoms with Crippen molar-refractivity contribution in [2.24, 2.45) is 0 Å². The Morgan fingerprint density at radius 1 is 1.07 bits per heavy atom. The molecule has 142 valence electrons. The van der Waals surface area contributed by atoms with E-state index in [1.165, 1.54) is 11.9 Å². The SMILES string of the molecule is O=C(CCc1ccccc1)N1CCOC(c2cccc(-c3cncnc3)n2)C1. The Bertz CT molecular complexity index is 918. The van der Waals surface area contributed by atoms with E-state index >= 15 is 0 Å². The number of ether oxygens (including phenoxy) is 1. The van der Waals surface area contributed by atoms with Crippen LogP contribution in [0.4, 0.5) is 0 Å². The number of aryl methyl sites for hydroxylation is 1. The van der Waals surface area contributed by atoms with Gasteiger partial charge in [-0.1, -0.05) is 36.4 Å². The van der Waals surface area contributed by atoms with Gasteiger partial charge in [0.1, 0.15) is 12.4 Å². The van der Waals surface area contributed by atoms with E-state index in [2.05, 4.69) is 22.1 Å². The molecule has 6 heteroatoms. The molecule has 6 nitrogen and oxygen atoms in total. The van der Waals surface area contributed by atoms with Crippen LogP contribution in [0.1, 0.15) is 23.8 Å². The van der Waals surface area contributed by atoms with E-state index in [0.717, 1.165) is 23.4 Å². The Labute approximate surface area is 164 Å². The number of amides is 1. The maximum atomic E-state index is 12.7. The van der Waals surface area contributed by atoms with Gasteiger partial charge in [0.25, 0.3) is 0 Å². The molecule has 1 unspecified atom stereocenters. The minimum atomic E-state index is -0.223. The van der Waals surface area contributed by atoms with E-state index in [9.17, 15) is 4.79 Å². The first-order valence-corrected chi connectivity index (χ1v) is 9.45. The second-order valence-electron chi connectivity index (χ2n) is 6.76. The van der Waals surface area contributed by atoms with Gasteiger partial charge in [0, 0.05) is 30.9 Å². The summed E-state index contributed by atoms with van der Waals surface area (Å²) in [5.41, 5.74) is 3.66. The van der Waals surface area contributed by atoms with Crippen molar-refractivity contribution in [3.05, 3.63) is 78.5 Å².